The van der Waals surface area contributed by atoms with Gasteiger partial charge in [0.2, 0.25) is 5.91 Å². The normalized spacial score (nSPS) is 30.9. The van der Waals surface area contributed by atoms with Crippen LogP contribution in [-0.4, -0.2) is 43.0 Å². The van der Waals surface area contributed by atoms with E-state index in [9.17, 15) is 4.79 Å². The van der Waals surface area contributed by atoms with E-state index in [1.807, 2.05) is 12.1 Å². The number of furan rings is 1. The van der Waals surface area contributed by atoms with Gasteiger partial charge in [-0.1, -0.05) is 0 Å². The molecule has 2 saturated heterocycles. The van der Waals surface area contributed by atoms with Crippen LogP contribution < -0.4 is 10.6 Å². The monoisotopic (exact) mass is 221 g/mol. The topological polar surface area (TPSA) is 57.5 Å². The predicted molar refractivity (Wildman–Crippen MR) is 57.8 cm³/mol. The summed E-state index contributed by atoms with van der Waals surface area (Å²) < 4.78 is 5.37. The lowest BCUT2D eigenvalue weighted by Crippen LogP contribution is -2.63. The molecule has 3 rings (SSSR count). The van der Waals surface area contributed by atoms with Crippen molar-refractivity contribution in [3.05, 3.63) is 24.2 Å². The summed E-state index contributed by atoms with van der Waals surface area (Å²) in [7, 11) is 0. The van der Waals surface area contributed by atoms with E-state index < -0.39 is 0 Å². The molecule has 2 fully saturated rings. The van der Waals surface area contributed by atoms with Crippen molar-refractivity contribution in [2.24, 2.45) is 0 Å². The van der Waals surface area contributed by atoms with Gasteiger partial charge in [0.1, 0.15) is 11.8 Å². The van der Waals surface area contributed by atoms with E-state index in [2.05, 4.69) is 15.5 Å². The molecule has 5 nitrogen and oxygen atoms in total. The second-order valence-corrected chi connectivity index (χ2v) is 4.26. The molecule has 2 atom stereocenters. The van der Waals surface area contributed by atoms with Crippen molar-refractivity contribution in [2.45, 2.75) is 12.1 Å². The molecule has 2 N–H and O–H groups in total. The minimum Gasteiger partial charge on any atom is -0.467 e. The summed E-state index contributed by atoms with van der Waals surface area (Å²) in [4.78, 5) is 14.1. The number of fused-ring (bicyclic) bond motifs is 1. The summed E-state index contributed by atoms with van der Waals surface area (Å²) in [5, 5.41) is 6.28. The molecule has 0 spiro atoms. The number of carbonyl (C=O) groups is 1. The van der Waals surface area contributed by atoms with E-state index in [-0.39, 0.29) is 11.9 Å². The van der Waals surface area contributed by atoms with Crippen molar-refractivity contribution in [3.63, 3.8) is 0 Å². The maximum Gasteiger partial charge on any atom is 0.245 e. The lowest BCUT2D eigenvalue weighted by Gasteiger charge is -2.43. The van der Waals surface area contributed by atoms with Crippen molar-refractivity contribution >= 4 is 5.91 Å². The summed E-state index contributed by atoms with van der Waals surface area (Å²) in [5.74, 6) is 0.789. The van der Waals surface area contributed by atoms with Gasteiger partial charge in [-0.05, 0) is 12.1 Å². The van der Waals surface area contributed by atoms with Gasteiger partial charge in [0.05, 0.1) is 6.26 Å². The molecular formula is C11H15N3O2. The van der Waals surface area contributed by atoms with Crippen molar-refractivity contribution in [1.29, 1.82) is 0 Å². The van der Waals surface area contributed by atoms with E-state index in [0.29, 0.717) is 6.04 Å². The van der Waals surface area contributed by atoms with Gasteiger partial charge < -0.3 is 15.1 Å². The Balaban J connectivity index is 1.90. The molecule has 5 heteroatoms. The second-order valence-electron chi connectivity index (χ2n) is 4.26. The minimum atomic E-state index is -0.254. The van der Waals surface area contributed by atoms with E-state index in [1.165, 1.54) is 0 Å². The van der Waals surface area contributed by atoms with E-state index in [0.717, 1.165) is 31.9 Å². The van der Waals surface area contributed by atoms with Gasteiger partial charge in [0, 0.05) is 32.2 Å². The van der Waals surface area contributed by atoms with Gasteiger partial charge in [-0.25, -0.2) is 0 Å². The molecule has 0 aliphatic carbocycles. The highest BCUT2D eigenvalue weighted by atomic mass is 16.3. The van der Waals surface area contributed by atoms with E-state index in [4.69, 9.17) is 4.42 Å². The zero-order valence-corrected chi connectivity index (χ0v) is 8.98. The van der Waals surface area contributed by atoms with Gasteiger partial charge in [0.15, 0.2) is 0 Å². The molecular weight excluding hydrogens is 206 g/mol. The van der Waals surface area contributed by atoms with Crippen molar-refractivity contribution in [1.82, 2.24) is 15.5 Å². The number of hydrogen-bond acceptors (Lipinski definition) is 4. The largest absolute Gasteiger partial charge is 0.467 e. The Hall–Kier alpha value is -1.33. The van der Waals surface area contributed by atoms with Crippen LogP contribution in [0.3, 0.4) is 0 Å². The van der Waals surface area contributed by atoms with Gasteiger partial charge in [-0.15, -0.1) is 0 Å². The first-order valence-electron chi connectivity index (χ1n) is 5.64. The lowest BCUT2D eigenvalue weighted by atomic mass is 10.0. The zero-order chi connectivity index (χ0) is 11.0. The highest BCUT2D eigenvalue weighted by molar-refractivity contribution is 5.83. The molecule has 1 aromatic heterocycles. The Morgan fingerprint density at radius 1 is 1.44 bits per heavy atom. The van der Waals surface area contributed by atoms with Crippen LogP contribution in [0.4, 0.5) is 0 Å². The Morgan fingerprint density at radius 3 is 3.19 bits per heavy atom. The first-order chi connectivity index (χ1) is 7.86. The molecule has 1 amide bonds. The first kappa shape index (κ1) is 9.86. The molecule has 1 aromatic rings. The van der Waals surface area contributed by atoms with Crippen molar-refractivity contribution in [3.8, 4) is 0 Å². The average molecular weight is 221 g/mol. The van der Waals surface area contributed by atoms with Crippen LogP contribution in [-0.2, 0) is 4.79 Å². The predicted octanol–water partition coefficient (Wildman–Crippen LogP) is -0.276. The van der Waals surface area contributed by atoms with Gasteiger partial charge >= 0.3 is 0 Å². The van der Waals surface area contributed by atoms with Crippen LogP contribution in [0.2, 0.25) is 0 Å². The summed E-state index contributed by atoms with van der Waals surface area (Å²) in [6, 6.07) is 3.82. The van der Waals surface area contributed by atoms with Gasteiger partial charge in [0.25, 0.3) is 0 Å². The van der Waals surface area contributed by atoms with Crippen LogP contribution >= 0.6 is 0 Å². The fraction of sp³-hybridized carbons (Fsp3) is 0.545. The van der Waals surface area contributed by atoms with E-state index in [1.54, 1.807) is 6.26 Å². The fourth-order valence-electron chi connectivity index (χ4n) is 2.51. The Morgan fingerprint density at radius 2 is 2.38 bits per heavy atom. The molecule has 2 unspecified atom stereocenters. The second kappa shape index (κ2) is 3.92. The molecule has 0 radical (unpaired) electrons. The number of carbonyl (C=O) groups excluding carboxylic acids is 1. The van der Waals surface area contributed by atoms with Crippen molar-refractivity contribution < 1.29 is 9.21 Å². The van der Waals surface area contributed by atoms with Crippen LogP contribution in [0.5, 0.6) is 0 Å². The smallest absolute Gasteiger partial charge is 0.245 e. The van der Waals surface area contributed by atoms with Crippen LogP contribution in [0.1, 0.15) is 11.8 Å². The molecule has 3 heterocycles. The molecule has 16 heavy (non-hydrogen) atoms. The number of nitrogens with one attached hydrogen (secondary N) is 2. The molecule has 0 saturated carbocycles. The van der Waals surface area contributed by atoms with Gasteiger partial charge in [-0.2, -0.15) is 0 Å². The maximum atomic E-state index is 11.9. The minimum absolute atomic E-state index is 0.0492. The van der Waals surface area contributed by atoms with Crippen LogP contribution in [0.25, 0.3) is 0 Å². The third-order valence-corrected chi connectivity index (χ3v) is 3.30. The third kappa shape index (κ3) is 1.52. The SMILES string of the molecule is O=C1NCC2CNCCN2C1c1ccco1. The summed E-state index contributed by atoms with van der Waals surface area (Å²) in [6.07, 6.45) is 1.62. The maximum absolute atomic E-state index is 11.9. The molecule has 0 bridgehead atoms. The molecule has 0 aromatic carbocycles. The first-order valence-corrected chi connectivity index (χ1v) is 5.64. The standard InChI is InChI=1S/C11H15N3O2/c15-11-10(9-2-1-5-16-9)14-4-3-12-6-8(14)7-13-11/h1-2,5,8,10,12H,3-4,6-7H2,(H,13,15). The van der Waals surface area contributed by atoms with Crippen LogP contribution in [0, 0.1) is 0 Å². The van der Waals surface area contributed by atoms with Crippen LogP contribution in [0.15, 0.2) is 22.8 Å². The number of rotatable bonds is 1. The summed E-state index contributed by atoms with van der Waals surface area (Å²) in [5.41, 5.74) is 0. The number of nitrogens with zero attached hydrogens (tertiary/aromatic N) is 1. The van der Waals surface area contributed by atoms with E-state index >= 15 is 0 Å². The number of hydrogen-bond donors (Lipinski definition) is 2. The Bertz CT molecular complexity index is 377. The third-order valence-electron chi connectivity index (χ3n) is 3.30. The molecule has 2 aliphatic rings. The zero-order valence-electron chi connectivity index (χ0n) is 8.98. The molecule has 86 valence electrons. The number of amides is 1. The lowest BCUT2D eigenvalue weighted by molar-refractivity contribution is -0.132. The fourth-order valence-corrected chi connectivity index (χ4v) is 2.51. The summed E-state index contributed by atoms with van der Waals surface area (Å²) in [6.45, 7) is 3.48. The molecule has 2 aliphatic heterocycles. The average Bonchev–Trinajstić information content (AvgIpc) is 2.82. The highest BCUT2D eigenvalue weighted by Gasteiger charge is 2.39. The summed E-state index contributed by atoms with van der Waals surface area (Å²) >= 11 is 0. The number of piperazine rings is 2. The Labute approximate surface area is 93.8 Å². The van der Waals surface area contributed by atoms with Crippen molar-refractivity contribution in [2.75, 3.05) is 26.2 Å². The Kier molecular flexibility index (Phi) is 2.41. The highest BCUT2D eigenvalue weighted by Crippen LogP contribution is 2.27. The quantitative estimate of drug-likeness (QED) is 0.685. The van der Waals surface area contributed by atoms with Gasteiger partial charge in [-0.3, -0.25) is 9.69 Å².